The molecule has 0 bridgehead atoms. The Balaban J connectivity index is 1.81. The first kappa shape index (κ1) is 22.7. The van der Waals surface area contributed by atoms with Gasteiger partial charge in [-0.15, -0.1) is 0 Å². The van der Waals surface area contributed by atoms with E-state index in [4.69, 9.17) is 4.74 Å². The molecule has 0 unspecified atom stereocenters. The second-order valence-electron chi connectivity index (χ2n) is 7.53. The molecule has 0 radical (unpaired) electrons. The van der Waals surface area contributed by atoms with Gasteiger partial charge in [0.25, 0.3) is 5.91 Å². The summed E-state index contributed by atoms with van der Waals surface area (Å²) in [5.41, 5.74) is 0.0935. The lowest BCUT2D eigenvalue weighted by molar-refractivity contribution is -0.141. The third-order valence-corrected chi connectivity index (χ3v) is 4.02. The Bertz CT molecular complexity index is 949. The van der Waals surface area contributed by atoms with E-state index in [2.05, 4.69) is 10.6 Å². The minimum absolute atomic E-state index is 0.159. The number of Topliss-reactive ketones (excluding diaryl/α,β-unsaturated/α-hetero) is 1. The lowest BCUT2D eigenvalue weighted by Crippen LogP contribution is -2.32. The van der Waals surface area contributed by atoms with Gasteiger partial charge in [-0.2, -0.15) is 0 Å². The first-order chi connectivity index (χ1) is 14.1. The van der Waals surface area contributed by atoms with E-state index < -0.39 is 42.0 Å². The molecule has 2 rings (SSSR count). The minimum atomic E-state index is -0.831. The summed E-state index contributed by atoms with van der Waals surface area (Å²) >= 11 is 0. The number of rotatable bonds is 7. The van der Waals surface area contributed by atoms with Crippen LogP contribution in [-0.4, -0.2) is 36.7 Å². The van der Waals surface area contributed by atoms with Gasteiger partial charge in [0.15, 0.2) is 12.4 Å². The first-order valence-electron chi connectivity index (χ1n) is 9.21. The normalized spacial score (nSPS) is 10.8. The molecule has 0 spiro atoms. The van der Waals surface area contributed by atoms with Gasteiger partial charge in [-0.25, -0.2) is 4.39 Å². The molecule has 0 fully saturated rings. The number of carbonyl (C=O) groups is 4. The molecule has 0 atom stereocenters. The van der Waals surface area contributed by atoms with Gasteiger partial charge in [-0.05, 0) is 36.4 Å². The van der Waals surface area contributed by atoms with E-state index in [0.717, 1.165) is 6.07 Å². The maximum atomic E-state index is 13.5. The van der Waals surface area contributed by atoms with Crippen molar-refractivity contribution in [2.45, 2.75) is 20.8 Å². The van der Waals surface area contributed by atoms with Crippen LogP contribution >= 0.6 is 0 Å². The summed E-state index contributed by atoms with van der Waals surface area (Å²) < 4.78 is 18.4. The summed E-state index contributed by atoms with van der Waals surface area (Å²) in [6.07, 6.45) is 0. The van der Waals surface area contributed by atoms with E-state index in [9.17, 15) is 23.6 Å². The summed E-state index contributed by atoms with van der Waals surface area (Å²) in [6.45, 7) is 4.34. The topological polar surface area (TPSA) is 102 Å². The zero-order valence-electron chi connectivity index (χ0n) is 17.0. The Morgan fingerprint density at radius 2 is 1.60 bits per heavy atom. The quantitative estimate of drug-likeness (QED) is 0.536. The van der Waals surface area contributed by atoms with Crippen molar-refractivity contribution in [1.82, 2.24) is 5.32 Å². The van der Waals surface area contributed by atoms with Crippen LogP contribution in [0, 0.1) is 11.2 Å². The maximum Gasteiger partial charge on any atom is 0.325 e. The molecule has 0 aliphatic rings. The van der Waals surface area contributed by atoms with Gasteiger partial charge in [0.2, 0.25) is 5.91 Å². The number of hydrogen-bond acceptors (Lipinski definition) is 5. The zero-order valence-corrected chi connectivity index (χ0v) is 17.0. The van der Waals surface area contributed by atoms with Gasteiger partial charge in [0.05, 0.1) is 5.56 Å². The molecule has 2 N–H and O–H groups in total. The third-order valence-electron chi connectivity index (χ3n) is 4.02. The van der Waals surface area contributed by atoms with Crippen LogP contribution in [0.2, 0.25) is 0 Å². The van der Waals surface area contributed by atoms with E-state index >= 15 is 0 Å². The molecule has 0 aliphatic carbocycles. The van der Waals surface area contributed by atoms with Crippen LogP contribution in [-0.2, 0) is 14.3 Å². The summed E-state index contributed by atoms with van der Waals surface area (Å²) in [7, 11) is 0. The molecule has 7 nitrogen and oxygen atoms in total. The fraction of sp³-hybridized carbons (Fsp3) is 0.273. The Morgan fingerprint density at radius 1 is 0.967 bits per heavy atom. The number of halogens is 1. The van der Waals surface area contributed by atoms with Gasteiger partial charge >= 0.3 is 5.97 Å². The van der Waals surface area contributed by atoms with Crippen molar-refractivity contribution in [3.8, 4) is 0 Å². The van der Waals surface area contributed by atoms with Crippen molar-refractivity contribution in [2.24, 2.45) is 5.41 Å². The maximum absolute atomic E-state index is 13.5. The highest BCUT2D eigenvalue weighted by Crippen LogP contribution is 2.18. The van der Waals surface area contributed by atoms with Gasteiger partial charge in [0, 0.05) is 16.7 Å². The Morgan fingerprint density at radius 3 is 2.20 bits per heavy atom. The summed E-state index contributed by atoms with van der Waals surface area (Å²) in [5.74, 6) is -2.91. The second-order valence-corrected chi connectivity index (χ2v) is 7.53. The van der Waals surface area contributed by atoms with E-state index in [0.29, 0.717) is 11.3 Å². The average Bonchev–Trinajstić information content (AvgIpc) is 2.70. The first-order valence-corrected chi connectivity index (χ1v) is 9.21. The Labute approximate surface area is 173 Å². The highest BCUT2D eigenvalue weighted by atomic mass is 19.1. The van der Waals surface area contributed by atoms with Crippen LogP contribution in [0.5, 0.6) is 0 Å². The fourth-order valence-corrected chi connectivity index (χ4v) is 2.23. The molecule has 2 aromatic carbocycles. The van der Waals surface area contributed by atoms with Crippen molar-refractivity contribution in [3.63, 3.8) is 0 Å². The van der Waals surface area contributed by atoms with Crippen LogP contribution in [0.3, 0.4) is 0 Å². The molecule has 0 aromatic heterocycles. The van der Waals surface area contributed by atoms with Gasteiger partial charge < -0.3 is 15.4 Å². The molecule has 8 heteroatoms. The molecule has 30 heavy (non-hydrogen) atoms. The SMILES string of the molecule is CC(C)(C)C(=O)Nc1ccc(C(=O)COC(=O)CNC(=O)c2ccccc2F)cc1. The standard InChI is InChI=1S/C22H23FN2O5/c1-22(2,3)21(29)25-15-10-8-14(9-11-15)18(26)13-30-19(27)12-24-20(28)16-6-4-5-7-17(16)23/h4-11H,12-13H2,1-3H3,(H,24,28)(H,25,29). The smallest absolute Gasteiger partial charge is 0.325 e. The predicted octanol–water partition coefficient (Wildman–Crippen LogP) is 2.97. The molecule has 0 aliphatic heterocycles. The van der Waals surface area contributed by atoms with Crippen molar-refractivity contribution < 1.29 is 28.3 Å². The van der Waals surface area contributed by atoms with Gasteiger partial charge in [0.1, 0.15) is 12.4 Å². The fourth-order valence-electron chi connectivity index (χ4n) is 2.23. The highest BCUT2D eigenvalue weighted by molar-refractivity contribution is 6.00. The van der Waals surface area contributed by atoms with E-state index in [-0.39, 0.29) is 11.5 Å². The van der Waals surface area contributed by atoms with Crippen LogP contribution in [0.4, 0.5) is 10.1 Å². The number of hydrogen-bond donors (Lipinski definition) is 2. The van der Waals surface area contributed by atoms with Gasteiger partial charge in [-0.3, -0.25) is 19.2 Å². The summed E-state index contributed by atoms with van der Waals surface area (Å²) in [4.78, 5) is 47.7. The Kier molecular flexibility index (Phi) is 7.41. The lowest BCUT2D eigenvalue weighted by atomic mass is 9.95. The average molecular weight is 414 g/mol. The molecular formula is C22H23FN2O5. The second kappa shape index (κ2) is 9.78. The zero-order chi connectivity index (χ0) is 22.3. The molecule has 0 saturated heterocycles. The van der Waals surface area contributed by atoms with E-state index in [1.165, 1.54) is 30.3 Å². The number of ketones is 1. The monoisotopic (exact) mass is 414 g/mol. The van der Waals surface area contributed by atoms with Crippen LogP contribution in [0.15, 0.2) is 48.5 Å². The van der Waals surface area contributed by atoms with Crippen LogP contribution < -0.4 is 10.6 Å². The minimum Gasteiger partial charge on any atom is -0.456 e. The summed E-state index contributed by atoms with van der Waals surface area (Å²) in [5, 5.41) is 4.98. The Hall–Kier alpha value is -3.55. The van der Waals surface area contributed by atoms with Gasteiger partial charge in [-0.1, -0.05) is 32.9 Å². The molecule has 2 aromatic rings. The summed E-state index contributed by atoms with van der Waals surface area (Å²) in [6, 6.07) is 11.5. The number of benzene rings is 2. The number of esters is 1. The highest BCUT2D eigenvalue weighted by Gasteiger charge is 2.21. The molecule has 2 amide bonds. The van der Waals surface area contributed by atoms with Crippen molar-refractivity contribution in [1.29, 1.82) is 0 Å². The molecular weight excluding hydrogens is 391 g/mol. The van der Waals surface area contributed by atoms with Crippen molar-refractivity contribution >= 4 is 29.3 Å². The molecule has 0 saturated carbocycles. The predicted molar refractivity (Wildman–Crippen MR) is 109 cm³/mol. The number of amides is 2. The number of carbonyl (C=O) groups excluding carboxylic acids is 4. The number of ether oxygens (including phenoxy) is 1. The van der Waals surface area contributed by atoms with Crippen molar-refractivity contribution in [2.75, 3.05) is 18.5 Å². The van der Waals surface area contributed by atoms with Crippen LogP contribution in [0.1, 0.15) is 41.5 Å². The van der Waals surface area contributed by atoms with Crippen LogP contribution in [0.25, 0.3) is 0 Å². The third kappa shape index (κ3) is 6.51. The molecule has 158 valence electrons. The lowest BCUT2D eigenvalue weighted by Gasteiger charge is -2.17. The molecule has 0 heterocycles. The van der Waals surface area contributed by atoms with E-state index in [1.54, 1.807) is 32.9 Å². The van der Waals surface area contributed by atoms with E-state index in [1.807, 2.05) is 0 Å². The largest absolute Gasteiger partial charge is 0.456 e. The van der Waals surface area contributed by atoms with Crippen molar-refractivity contribution in [3.05, 3.63) is 65.5 Å². The number of nitrogens with one attached hydrogen (secondary N) is 2. The number of anilines is 1.